The van der Waals surface area contributed by atoms with Gasteiger partial charge in [0.25, 0.3) is 0 Å². The first-order valence-electron chi connectivity index (χ1n) is 10.3. The Balaban J connectivity index is 2.69. The van der Waals surface area contributed by atoms with E-state index in [0.29, 0.717) is 17.1 Å². The molecule has 0 unspecified atom stereocenters. The third-order valence-corrected chi connectivity index (χ3v) is 5.27. The molecule has 0 spiro atoms. The third-order valence-electron chi connectivity index (χ3n) is 5.27. The average molecular weight is 437 g/mol. The molecule has 8 nitrogen and oxygen atoms in total. The zero-order valence-corrected chi connectivity index (χ0v) is 19.1. The van der Waals surface area contributed by atoms with Crippen molar-refractivity contribution in [1.29, 1.82) is 0 Å². The molecule has 1 saturated carbocycles. The fourth-order valence-electron chi connectivity index (χ4n) is 4.09. The minimum Gasteiger partial charge on any atom is -0.493 e. The number of hydrogen-bond acceptors (Lipinski definition) is 8. The maximum absolute atomic E-state index is 13.1. The number of hydrogen-bond donors (Lipinski definition) is 1. The highest BCUT2D eigenvalue weighted by Gasteiger charge is 2.57. The number of benzene rings is 1. The van der Waals surface area contributed by atoms with Crippen LogP contribution >= 0.6 is 0 Å². The minimum absolute atomic E-state index is 0.365. The second-order valence-electron chi connectivity index (χ2n) is 8.57. The van der Waals surface area contributed by atoms with Gasteiger partial charge in [-0.3, -0.25) is 14.4 Å². The van der Waals surface area contributed by atoms with Crippen LogP contribution in [0.5, 0.6) is 11.5 Å². The Morgan fingerprint density at radius 2 is 1.55 bits per heavy atom. The molecule has 0 amide bonds. The predicted octanol–water partition coefficient (Wildman–Crippen LogP) is 2.65. The van der Waals surface area contributed by atoms with Gasteiger partial charge in [0.15, 0.2) is 17.3 Å². The number of methoxy groups -OCH3 is 2. The summed E-state index contributed by atoms with van der Waals surface area (Å²) in [4.78, 5) is 39.0. The molecule has 4 atom stereocenters. The number of ketones is 1. The van der Waals surface area contributed by atoms with Crippen LogP contribution in [0.25, 0.3) is 0 Å². The van der Waals surface area contributed by atoms with Gasteiger partial charge in [-0.15, -0.1) is 0 Å². The standard InChI is InChI=1S/C23H32O8/c1-12(2)30-21(25)19-15(24)11-23(5,27)20(22(26)31-13(3)4)18(19)14-8-9-16(28-6)17(10-14)29-7/h8-10,12-13,18-20,27H,11H2,1-7H3/t18-,19+,20-,23+/m0/s1. The Morgan fingerprint density at radius 1 is 1.00 bits per heavy atom. The lowest BCUT2D eigenvalue weighted by Crippen LogP contribution is -2.55. The second-order valence-corrected chi connectivity index (χ2v) is 8.57. The van der Waals surface area contributed by atoms with Crippen LogP contribution in [0.15, 0.2) is 18.2 Å². The highest BCUT2D eigenvalue weighted by Crippen LogP contribution is 2.48. The van der Waals surface area contributed by atoms with Gasteiger partial charge in [0.1, 0.15) is 5.92 Å². The molecule has 0 heterocycles. The molecule has 1 aromatic rings. The number of rotatable bonds is 7. The van der Waals surface area contributed by atoms with Crippen LogP contribution in [0.2, 0.25) is 0 Å². The van der Waals surface area contributed by atoms with Gasteiger partial charge < -0.3 is 24.1 Å². The number of ether oxygens (including phenoxy) is 4. The number of carbonyl (C=O) groups is 3. The first-order chi connectivity index (χ1) is 14.4. The summed E-state index contributed by atoms with van der Waals surface area (Å²) in [5.74, 6) is -4.56. The summed E-state index contributed by atoms with van der Waals surface area (Å²) in [7, 11) is 2.94. The van der Waals surface area contributed by atoms with Crippen LogP contribution in [0.1, 0.15) is 52.5 Å². The summed E-state index contributed by atoms with van der Waals surface area (Å²) < 4.78 is 21.4. The van der Waals surface area contributed by atoms with Crippen molar-refractivity contribution in [3.05, 3.63) is 23.8 Å². The fourth-order valence-corrected chi connectivity index (χ4v) is 4.09. The molecular formula is C23H32O8. The van der Waals surface area contributed by atoms with E-state index in [9.17, 15) is 19.5 Å². The molecule has 0 radical (unpaired) electrons. The summed E-state index contributed by atoms with van der Waals surface area (Å²) >= 11 is 0. The van der Waals surface area contributed by atoms with E-state index in [-0.39, 0.29) is 6.42 Å². The van der Waals surface area contributed by atoms with E-state index in [0.717, 1.165) is 0 Å². The first kappa shape index (κ1) is 24.7. The van der Waals surface area contributed by atoms with Gasteiger partial charge in [-0.25, -0.2) is 0 Å². The molecule has 1 N–H and O–H groups in total. The maximum atomic E-state index is 13.1. The SMILES string of the molecule is COc1ccc([C@H]2[C@H](C(=O)OC(C)C)C(=O)C[C@@](C)(O)[C@@H]2C(=O)OC(C)C)cc1OC. The average Bonchev–Trinajstić information content (AvgIpc) is 2.64. The number of Topliss-reactive ketones (excluding diaryl/α,β-unsaturated/α-hetero) is 1. The molecule has 31 heavy (non-hydrogen) atoms. The second kappa shape index (κ2) is 9.68. The van der Waals surface area contributed by atoms with E-state index in [2.05, 4.69) is 0 Å². The van der Waals surface area contributed by atoms with E-state index in [4.69, 9.17) is 18.9 Å². The van der Waals surface area contributed by atoms with Crippen molar-refractivity contribution in [3.8, 4) is 11.5 Å². The summed E-state index contributed by atoms with van der Waals surface area (Å²) in [6, 6.07) is 4.87. The monoisotopic (exact) mass is 436 g/mol. The van der Waals surface area contributed by atoms with E-state index >= 15 is 0 Å². The highest BCUT2D eigenvalue weighted by molar-refractivity contribution is 6.02. The predicted molar refractivity (Wildman–Crippen MR) is 112 cm³/mol. The maximum Gasteiger partial charge on any atom is 0.317 e. The van der Waals surface area contributed by atoms with Crippen molar-refractivity contribution in [2.24, 2.45) is 11.8 Å². The quantitative estimate of drug-likeness (QED) is 0.513. The van der Waals surface area contributed by atoms with Crippen molar-refractivity contribution in [1.82, 2.24) is 0 Å². The van der Waals surface area contributed by atoms with Gasteiger partial charge in [0, 0.05) is 12.3 Å². The van der Waals surface area contributed by atoms with Crippen molar-refractivity contribution in [3.63, 3.8) is 0 Å². The molecular weight excluding hydrogens is 404 g/mol. The normalized spacial score (nSPS) is 26.0. The van der Waals surface area contributed by atoms with Gasteiger partial charge in [-0.1, -0.05) is 6.07 Å². The lowest BCUT2D eigenvalue weighted by Gasteiger charge is -2.44. The van der Waals surface area contributed by atoms with Gasteiger partial charge in [0.05, 0.1) is 37.9 Å². The van der Waals surface area contributed by atoms with Crippen LogP contribution in [-0.4, -0.2) is 54.9 Å². The molecule has 1 aliphatic rings. The smallest absolute Gasteiger partial charge is 0.317 e. The van der Waals surface area contributed by atoms with Crippen molar-refractivity contribution in [2.75, 3.05) is 14.2 Å². The summed E-state index contributed by atoms with van der Waals surface area (Å²) in [6.45, 7) is 8.15. The Kier molecular flexibility index (Phi) is 7.70. The summed E-state index contributed by atoms with van der Waals surface area (Å²) in [5.41, 5.74) is -1.25. The van der Waals surface area contributed by atoms with Gasteiger partial charge in [0.2, 0.25) is 0 Å². The molecule has 1 aliphatic carbocycles. The Labute approximate surface area is 182 Å². The zero-order valence-electron chi connectivity index (χ0n) is 19.1. The molecule has 1 aromatic carbocycles. The van der Waals surface area contributed by atoms with Crippen molar-refractivity contribution < 1.29 is 38.4 Å². The van der Waals surface area contributed by atoms with E-state index in [1.807, 2.05) is 0 Å². The van der Waals surface area contributed by atoms with Crippen molar-refractivity contribution >= 4 is 17.7 Å². The fraction of sp³-hybridized carbons (Fsp3) is 0.609. The molecule has 8 heteroatoms. The number of esters is 2. The molecule has 0 aliphatic heterocycles. The van der Waals surface area contributed by atoms with Crippen LogP contribution < -0.4 is 9.47 Å². The van der Waals surface area contributed by atoms with Crippen molar-refractivity contribution in [2.45, 2.75) is 64.8 Å². The van der Waals surface area contributed by atoms with Crippen LogP contribution in [-0.2, 0) is 23.9 Å². The zero-order chi connectivity index (χ0) is 23.5. The lowest BCUT2D eigenvalue weighted by molar-refractivity contribution is -0.176. The Bertz CT molecular complexity index is 819. The van der Waals surface area contributed by atoms with Gasteiger partial charge in [-0.2, -0.15) is 0 Å². The van der Waals surface area contributed by atoms with E-state index in [1.165, 1.54) is 21.1 Å². The Morgan fingerprint density at radius 3 is 2.06 bits per heavy atom. The summed E-state index contributed by atoms with van der Waals surface area (Å²) in [6.07, 6.45) is -1.25. The molecule has 1 fully saturated rings. The topological polar surface area (TPSA) is 108 Å². The van der Waals surface area contributed by atoms with Gasteiger partial charge in [-0.05, 0) is 52.3 Å². The first-order valence-corrected chi connectivity index (χ1v) is 10.3. The molecule has 2 rings (SSSR count). The Hall–Kier alpha value is -2.61. The van der Waals surface area contributed by atoms with Gasteiger partial charge >= 0.3 is 11.9 Å². The van der Waals surface area contributed by atoms with Crippen LogP contribution in [0, 0.1) is 11.8 Å². The third kappa shape index (κ3) is 5.36. The van der Waals surface area contributed by atoms with Crippen LogP contribution in [0.3, 0.4) is 0 Å². The van der Waals surface area contributed by atoms with Crippen LogP contribution in [0.4, 0.5) is 0 Å². The molecule has 0 aromatic heterocycles. The number of carbonyl (C=O) groups excluding carboxylic acids is 3. The van der Waals surface area contributed by atoms with E-state index in [1.54, 1.807) is 45.9 Å². The lowest BCUT2D eigenvalue weighted by atomic mass is 9.61. The minimum atomic E-state index is -1.71. The largest absolute Gasteiger partial charge is 0.493 e. The van der Waals surface area contributed by atoms with E-state index < -0.39 is 53.3 Å². The molecule has 172 valence electrons. The number of aliphatic hydroxyl groups is 1. The highest BCUT2D eigenvalue weighted by atomic mass is 16.5. The molecule has 0 bridgehead atoms. The molecule has 0 saturated heterocycles. The summed E-state index contributed by atoms with van der Waals surface area (Å²) in [5, 5.41) is 11.1.